The molecule has 0 aliphatic heterocycles. The van der Waals surface area contributed by atoms with Gasteiger partial charge < -0.3 is 20.1 Å². The third-order valence-electron chi connectivity index (χ3n) is 5.37. The number of rotatable bonds is 8. The minimum Gasteiger partial charge on any atom is -0.478 e. The first kappa shape index (κ1) is 23.5. The van der Waals surface area contributed by atoms with Crippen LogP contribution in [0.1, 0.15) is 30.6 Å². The highest BCUT2D eigenvalue weighted by Gasteiger charge is 2.13. The summed E-state index contributed by atoms with van der Waals surface area (Å²) >= 11 is 0. The molecule has 0 saturated heterocycles. The van der Waals surface area contributed by atoms with Crippen LogP contribution in [0.3, 0.4) is 0 Å². The second kappa shape index (κ2) is 11.5. The van der Waals surface area contributed by atoms with Crippen LogP contribution < -0.4 is 5.32 Å². The first-order chi connectivity index (χ1) is 15.5. The average molecular weight is 433 g/mol. The van der Waals surface area contributed by atoms with Crippen LogP contribution in [0, 0.1) is 5.92 Å². The fraction of sp³-hybridized carbons (Fsp3) is 0.296. The lowest BCUT2D eigenvalue weighted by atomic mass is 10.1. The zero-order valence-corrected chi connectivity index (χ0v) is 18.7. The van der Waals surface area contributed by atoms with Gasteiger partial charge in [0.15, 0.2) is 0 Å². The molecule has 0 aliphatic carbocycles. The van der Waals surface area contributed by atoms with E-state index in [4.69, 9.17) is 5.11 Å². The number of nitrogens with one attached hydrogen (secondary N) is 1. The lowest BCUT2D eigenvalue weighted by Crippen LogP contribution is -2.31. The van der Waals surface area contributed by atoms with Crippen molar-refractivity contribution in [3.05, 3.63) is 84.4 Å². The molecule has 5 nitrogen and oxygen atoms in total. The van der Waals surface area contributed by atoms with Crippen molar-refractivity contribution < 1.29 is 15.0 Å². The molecule has 4 rings (SSSR count). The number of fused-ring (bicyclic) bond motifs is 3. The Labute approximate surface area is 189 Å². The molecule has 0 fully saturated rings. The van der Waals surface area contributed by atoms with E-state index in [1.807, 2.05) is 0 Å². The molecule has 1 atom stereocenters. The molecule has 1 aromatic heterocycles. The van der Waals surface area contributed by atoms with Crippen LogP contribution in [0.2, 0.25) is 0 Å². The second-order valence-corrected chi connectivity index (χ2v) is 8.36. The maximum absolute atomic E-state index is 10.4. The number of carboxylic acid groups (broad SMARTS) is 1. The number of carboxylic acids is 1. The number of hydrogen-bond acceptors (Lipinski definition) is 3. The maximum Gasteiger partial charge on any atom is 0.335 e. The smallest absolute Gasteiger partial charge is 0.335 e. The first-order valence-corrected chi connectivity index (χ1v) is 11.1. The van der Waals surface area contributed by atoms with E-state index in [1.165, 1.54) is 21.8 Å². The van der Waals surface area contributed by atoms with E-state index in [-0.39, 0.29) is 6.10 Å². The van der Waals surface area contributed by atoms with E-state index in [2.05, 4.69) is 72.3 Å². The highest BCUT2D eigenvalue weighted by atomic mass is 16.4. The van der Waals surface area contributed by atoms with Gasteiger partial charge in [0.05, 0.1) is 18.2 Å². The van der Waals surface area contributed by atoms with Crippen molar-refractivity contribution >= 4 is 27.8 Å². The Morgan fingerprint density at radius 1 is 0.875 bits per heavy atom. The highest BCUT2D eigenvalue weighted by molar-refractivity contribution is 6.07. The summed E-state index contributed by atoms with van der Waals surface area (Å²) in [7, 11) is 0. The number of hydrogen-bond donors (Lipinski definition) is 3. The number of aliphatic hydroxyl groups excluding tert-OH is 1. The molecule has 1 unspecified atom stereocenters. The number of aromatic nitrogens is 1. The summed E-state index contributed by atoms with van der Waals surface area (Å²) in [5, 5.41) is 24.7. The van der Waals surface area contributed by atoms with E-state index < -0.39 is 5.97 Å². The van der Waals surface area contributed by atoms with Gasteiger partial charge in [-0.15, -0.1) is 0 Å². The quantitative estimate of drug-likeness (QED) is 0.336. The van der Waals surface area contributed by atoms with E-state index in [1.54, 1.807) is 30.3 Å². The summed E-state index contributed by atoms with van der Waals surface area (Å²) in [6, 6.07) is 25.1. The molecule has 1 heterocycles. The first-order valence-electron chi connectivity index (χ1n) is 11.1. The Balaban J connectivity index is 0.000000269. The van der Waals surface area contributed by atoms with Crippen LogP contribution in [0.4, 0.5) is 0 Å². The van der Waals surface area contributed by atoms with Gasteiger partial charge in [-0.25, -0.2) is 4.79 Å². The summed E-state index contributed by atoms with van der Waals surface area (Å²) in [5.74, 6) is -0.187. The SMILES string of the molecule is CC(C)CCNCC(O)Cn1c2ccccc2c2ccccc21.O=C(O)c1ccccc1. The lowest BCUT2D eigenvalue weighted by Gasteiger charge is -2.15. The summed E-state index contributed by atoms with van der Waals surface area (Å²) in [5.41, 5.74) is 2.71. The largest absolute Gasteiger partial charge is 0.478 e. The third kappa shape index (κ3) is 6.19. The molecule has 168 valence electrons. The molecule has 0 aliphatic rings. The summed E-state index contributed by atoms with van der Waals surface area (Å²) in [6.45, 7) is 6.64. The van der Waals surface area contributed by atoms with Crippen LogP contribution in [0.15, 0.2) is 78.9 Å². The fourth-order valence-electron chi connectivity index (χ4n) is 3.72. The molecule has 5 heteroatoms. The van der Waals surface area contributed by atoms with Crippen LogP contribution in [0.25, 0.3) is 21.8 Å². The molecular weight excluding hydrogens is 400 g/mol. The lowest BCUT2D eigenvalue weighted by molar-refractivity contribution is 0.0697. The molecule has 3 aromatic carbocycles. The molecule has 3 N–H and O–H groups in total. The van der Waals surface area contributed by atoms with Gasteiger partial charge in [0.25, 0.3) is 0 Å². The van der Waals surface area contributed by atoms with Crippen LogP contribution in [0.5, 0.6) is 0 Å². The Hall–Kier alpha value is -3.15. The molecule has 32 heavy (non-hydrogen) atoms. The van der Waals surface area contributed by atoms with Crippen molar-refractivity contribution in [2.45, 2.75) is 32.9 Å². The van der Waals surface area contributed by atoms with Gasteiger partial charge >= 0.3 is 5.97 Å². The number of nitrogens with zero attached hydrogens (tertiary/aromatic N) is 1. The molecule has 0 spiro atoms. The number of aromatic carboxylic acids is 1. The topological polar surface area (TPSA) is 74.5 Å². The van der Waals surface area contributed by atoms with Crippen LogP contribution >= 0.6 is 0 Å². The summed E-state index contributed by atoms with van der Waals surface area (Å²) in [6.07, 6.45) is 0.753. The Kier molecular flexibility index (Phi) is 8.42. The normalized spacial score (nSPS) is 12.0. The molecule has 4 aromatic rings. The van der Waals surface area contributed by atoms with Gasteiger partial charge in [0, 0.05) is 28.4 Å². The van der Waals surface area contributed by atoms with Gasteiger partial charge in [0.1, 0.15) is 0 Å². The van der Waals surface area contributed by atoms with Crippen molar-refractivity contribution in [1.29, 1.82) is 0 Å². The Bertz CT molecular complexity index is 1080. The van der Waals surface area contributed by atoms with E-state index in [9.17, 15) is 9.90 Å². The number of para-hydroxylation sites is 2. The monoisotopic (exact) mass is 432 g/mol. The minimum absolute atomic E-state index is 0.331. The van der Waals surface area contributed by atoms with Crippen molar-refractivity contribution in [3.63, 3.8) is 0 Å². The second-order valence-electron chi connectivity index (χ2n) is 8.36. The van der Waals surface area contributed by atoms with Gasteiger partial charge in [0.2, 0.25) is 0 Å². The van der Waals surface area contributed by atoms with Gasteiger partial charge in [-0.05, 0) is 43.1 Å². The molecule has 0 radical (unpaired) electrons. The van der Waals surface area contributed by atoms with Crippen molar-refractivity contribution in [2.24, 2.45) is 5.92 Å². The van der Waals surface area contributed by atoms with Crippen molar-refractivity contribution in [3.8, 4) is 0 Å². The number of benzene rings is 3. The molecule has 0 amide bonds. The summed E-state index contributed by atoms with van der Waals surface area (Å²) < 4.78 is 2.24. The van der Waals surface area contributed by atoms with Crippen molar-refractivity contribution in [2.75, 3.05) is 13.1 Å². The molecule has 0 saturated carbocycles. The van der Waals surface area contributed by atoms with Crippen LogP contribution in [-0.4, -0.2) is 39.9 Å². The van der Waals surface area contributed by atoms with Gasteiger partial charge in [-0.2, -0.15) is 0 Å². The van der Waals surface area contributed by atoms with Gasteiger partial charge in [-0.1, -0.05) is 68.4 Å². The Morgan fingerprint density at radius 2 is 1.41 bits per heavy atom. The predicted molar refractivity (Wildman–Crippen MR) is 131 cm³/mol. The predicted octanol–water partition coefficient (Wildman–Crippen LogP) is 5.18. The molecule has 0 bridgehead atoms. The highest BCUT2D eigenvalue weighted by Crippen LogP contribution is 2.28. The third-order valence-corrected chi connectivity index (χ3v) is 5.37. The van der Waals surface area contributed by atoms with E-state index in [0.717, 1.165) is 13.0 Å². The van der Waals surface area contributed by atoms with E-state index in [0.29, 0.717) is 24.6 Å². The van der Waals surface area contributed by atoms with E-state index >= 15 is 0 Å². The zero-order valence-electron chi connectivity index (χ0n) is 18.7. The summed E-state index contributed by atoms with van der Waals surface area (Å²) in [4.78, 5) is 10.2. The standard InChI is InChI=1S/C20H26N2O.C7H6O2/c1-15(2)11-12-21-13-16(23)14-22-19-9-5-3-7-17(19)18-8-4-6-10-20(18)22;8-7(9)6-4-2-1-3-5-6/h3-10,15-16,21,23H,11-14H2,1-2H3;1-5H,(H,8,9). The Morgan fingerprint density at radius 3 is 1.91 bits per heavy atom. The van der Waals surface area contributed by atoms with Gasteiger partial charge in [-0.3, -0.25) is 0 Å². The minimum atomic E-state index is -0.879. The van der Waals surface area contributed by atoms with Crippen LogP contribution in [-0.2, 0) is 6.54 Å². The number of aliphatic hydroxyl groups is 1. The fourth-order valence-corrected chi connectivity index (χ4v) is 3.72. The number of carbonyl (C=O) groups is 1. The maximum atomic E-state index is 10.4. The molecular formula is C27H32N2O3. The zero-order chi connectivity index (χ0) is 22.9. The van der Waals surface area contributed by atoms with Crippen molar-refractivity contribution in [1.82, 2.24) is 9.88 Å². The average Bonchev–Trinajstić information content (AvgIpc) is 3.11.